The molecular weight excluding hydrogens is 518 g/mol. The van der Waals surface area contributed by atoms with Gasteiger partial charge in [0.15, 0.2) is 5.76 Å². The molecular formula is C33H47N3O5. The minimum Gasteiger partial charge on any atom is -0.459 e. The fourth-order valence-electron chi connectivity index (χ4n) is 6.28. The maximum absolute atomic E-state index is 13.5. The van der Waals surface area contributed by atoms with Gasteiger partial charge in [-0.25, -0.2) is 0 Å². The van der Waals surface area contributed by atoms with Crippen LogP contribution in [0, 0.1) is 12.3 Å². The van der Waals surface area contributed by atoms with Gasteiger partial charge in [0.25, 0.3) is 5.91 Å². The molecule has 41 heavy (non-hydrogen) atoms. The van der Waals surface area contributed by atoms with E-state index in [1.807, 2.05) is 56.9 Å². The van der Waals surface area contributed by atoms with Crippen LogP contribution in [0.15, 0.2) is 47.1 Å². The van der Waals surface area contributed by atoms with Crippen LogP contribution in [0.1, 0.15) is 94.7 Å². The lowest BCUT2D eigenvalue weighted by Crippen LogP contribution is -2.48. The maximum atomic E-state index is 13.5. The van der Waals surface area contributed by atoms with E-state index >= 15 is 0 Å². The Morgan fingerprint density at radius 2 is 1.73 bits per heavy atom. The fourth-order valence-corrected chi connectivity index (χ4v) is 6.28. The maximum Gasteiger partial charge on any atom is 0.325 e. The Morgan fingerprint density at radius 3 is 2.34 bits per heavy atom. The van der Waals surface area contributed by atoms with Crippen LogP contribution in [0.4, 0.5) is 5.69 Å². The van der Waals surface area contributed by atoms with Crippen molar-refractivity contribution in [1.29, 1.82) is 0 Å². The number of carbonyl (C=O) groups is 3. The summed E-state index contributed by atoms with van der Waals surface area (Å²) in [6.45, 7) is 10.2. The smallest absolute Gasteiger partial charge is 0.325 e. The Bertz CT molecular complexity index is 1140. The highest BCUT2D eigenvalue weighted by atomic mass is 16.6. The van der Waals surface area contributed by atoms with Crippen molar-refractivity contribution >= 4 is 23.5 Å². The van der Waals surface area contributed by atoms with E-state index in [-0.39, 0.29) is 29.8 Å². The van der Waals surface area contributed by atoms with Gasteiger partial charge in [-0.05, 0) is 96.0 Å². The van der Waals surface area contributed by atoms with Crippen molar-refractivity contribution in [3.63, 3.8) is 0 Å². The second-order valence-electron chi connectivity index (χ2n) is 12.9. The summed E-state index contributed by atoms with van der Waals surface area (Å²) in [4.78, 5) is 42.8. The van der Waals surface area contributed by atoms with E-state index in [9.17, 15) is 14.4 Å². The molecule has 2 amide bonds. The number of carbonyl (C=O) groups excluding carboxylic acids is 3. The largest absolute Gasteiger partial charge is 0.459 e. The Hall–Kier alpha value is -3.13. The number of hydrogen-bond acceptors (Lipinski definition) is 6. The molecule has 1 saturated heterocycles. The monoisotopic (exact) mass is 565 g/mol. The molecule has 2 heterocycles. The summed E-state index contributed by atoms with van der Waals surface area (Å²) in [6, 6.07) is 11.7. The van der Waals surface area contributed by atoms with Crippen LogP contribution in [0.3, 0.4) is 0 Å². The Kier molecular flexibility index (Phi) is 10.3. The number of nitrogens with zero attached hydrogens (tertiary/aromatic N) is 2. The first-order valence-electron chi connectivity index (χ1n) is 15.2. The molecule has 0 unspecified atom stereocenters. The van der Waals surface area contributed by atoms with E-state index < -0.39 is 11.6 Å². The van der Waals surface area contributed by atoms with Crippen LogP contribution in [-0.4, -0.2) is 60.5 Å². The molecule has 0 radical (unpaired) electrons. The van der Waals surface area contributed by atoms with Gasteiger partial charge in [0.05, 0.1) is 6.26 Å². The van der Waals surface area contributed by atoms with Crippen molar-refractivity contribution in [2.24, 2.45) is 5.41 Å². The number of hydrogen-bond donors (Lipinski definition) is 1. The third kappa shape index (κ3) is 8.93. The predicted molar refractivity (Wildman–Crippen MR) is 160 cm³/mol. The SMILES string of the molecule is Cc1ccc(N(C(=O)c2ccco2)C2CCN(CCC3(CC(=O)NCC(=O)OC(C)(C)C)CCCCC3)CC2)cc1. The third-order valence-electron chi connectivity index (χ3n) is 8.44. The van der Waals surface area contributed by atoms with Crippen molar-refractivity contribution in [2.45, 2.75) is 97.1 Å². The van der Waals surface area contributed by atoms with E-state index in [1.165, 1.54) is 6.42 Å². The first-order chi connectivity index (χ1) is 19.5. The van der Waals surface area contributed by atoms with Crippen molar-refractivity contribution in [1.82, 2.24) is 10.2 Å². The lowest BCUT2D eigenvalue weighted by molar-refractivity contribution is -0.154. The Balaban J connectivity index is 1.33. The van der Waals surface area contributed by atoms with Gasteiger partial charge in [-0.3, -0.25) is 14.4 Å². The second-order valence-corrected chi connectivity index (χ2v) is 12.9. The number of aryl methyl sites for hydroxylation is 1. The molecule has 2 fully saturated rings. The zero-order chi connectivity index (χ0) is 29.5. The van der Waals surface area contributed by atoms with E-state index in [4.69, 9.17) is 9.15 Å². The molecule has 2 aromatic rings. The Labute approximate surface area is 244 Å². The van der Waals surface area contributed by atoms with Gasteiger partial charge >= 0.3 is 5.97 Å². The Morgan fingerprint density at radius 1 is 1.05 bits per heavy atom. The number of esters is 1. The normalized spacial score (nSPS) is 18.0. The molecule has 1 aromatic carbocycles. The number of anilines is 1. The van der Waals surface area contributed by atoms with Gasteiger partial charge in [0.1, 0.15) is 12.1 Å². The van der Waals surface area contributed by atoms with Crippen molar-refractivity contribution in [3.05, 3.63) is 54.0 Å². The molecule has 4 rings (SSSR count). The van der Waals surface area contributed by atoms with Crippen LogP contribution in [0.5, 0.6) is 0 Å². The second kappa shape index (κ2) is 13.7. The van der Waals surface area contributed by atoms with Crippen molar-refractivity contribution in [2.75, 3.05) is 31.1 Å². The van der Waals surface area contributed by atoms with Crippen LogP contribution in [0.2, 0.25) is 0 Å². The molecule has 1 aliphatic heterocycles. The molecule has 1 N–H and O–H groups in total. The highest BCUT2D eigenvalue weighted by Crippen LogP contribution is 2.42. The van der Waals surface area contributed by atoms with Crippen molar-refractivity contribution < 1.29 is 23.5 Å². The minimum atomic E-state index is -0.566. The highest BCUT2D eigenvalue weighted by Gasteiger charge is 2.36. The number of piperidine rings is 1. The molecule has 8 nitrogen and oxygen atoms in total. The standard InChI is InChI=1S/C33H47N3O5/c1-25-10-12-26(13-11-25)36(31(39)28-9-8-22-40-28)27-14-19-35(20-15-27)21-18-33(16-6-5-7-17-33)23-29(37)34-24-30(38)41-32(2,3)4/h8-13,22,27H,5-7,14-21,23-24H2,1-4H3,(H,34,37). The number of furan rings is 1. The first-order valence-corrected chi connectivity index (χ1v) is 15.2. The summed E-state index contributed by atoms with van der Waals surface area (Å²) >= 11 is 0. The quantitative estimate of drug-likeness (QED) is 0.361. The van der Waals surface area contributed by atoms with Gasteiger partial charge < -0.3 is 24.3 Å². The number of benzene rings is 1. The average Bonchev–Trinajstić information content (AvgIpc) is 3.48. The topological polar surface area (TPSA) is 92.1 Å². The number of rotatable bonds is 10. The van der Waals surface area contributed by atoms with Crippen LogP contribution in [0.25, 0.3) is 0 Å². The number of nitrogens with one attached hydrogen (secondary N) is 1. The molecule has 1 aromatic heterocycles. The van der Waals surface area contributed by atoms with Gasteiger partial charge in [0.2, 0.25) is 5.91 Å². The number of amides is 2. The van der Waals surface area contributed by atoms with Crippen molar-refractivity contribution in [3.8, 4) is 0 Å². The van der Waals surface area contributed by atoms with E-state index in [0.717, 1.165) is 75.8 Å². The number of ether oxygens (including phenoxy) is 1. The molecule has 8 heteroatoms. The number of likely N-dealkylation sites (tertiary alicyclic amines) is 1. The van der Waals surface area contributed by atoms with E-state index in [2.05, 4.69) is 10.2 Å². The summed E-state index contributed by atoms with van der Waals surface area (Å²) < 4.78 is 10.8. The minimum absolute atomic E-state index is 0.0314. The third-order valence-corrected chi connectivity index (χ3v) is 8.44. The fraction of sp³-hybridized carbons (Fsp3) is 0.606. The van der Waals surface area contributed by atoms with Crippen LogP contribution in [-0.2, 0) is 14.3 Å². The van der Waals surface area contributed by atoms with Gasteiger partial charge in [-0.2, -0.15) is 0 Å². The summed E-state index contributed by atoms with van der Waals surface area (Å²) in [7, 11) is 0. The van der Waals surface area contributed by atoms with Gasteiger partial charge in [-0.1, -0.05) is 37.0 Å². The van der Waals surface area contributed by atoms with Crippen LogP contribution < -0.4 is 10.2 Å². The van der Waals surface area contributed by atoms with Gasteiger partial charge in [0, 0.05) is 31.2 Å². The van der Waals surface area contributed by atoms with Crippen LogP contribution >= 0.6 is 0 Å². The zero-order valence-electron chi connectivity index (χ0n) is 25.2. The predicted octanol–water partition coefficient (Wildman–Crippen LogP) is 5.89. The average molecular weight is 566 g/mol. The highest BCUT2D eigenvalue weighted by molar-refractivity contribution is 6.04. The molecule has 1 aliphatic carbocycles. The zero-order valence-corrected chi connectivity index (χ0v) is 25.2. The first kappa shape index (κ1) is 30.8. The molecule has 0 bridgehead atoms. The molecule has 0 spiro atoms. The summed E-state index contributed by atoms with van der Waals surface area (Å²) in [6.07, 6.45) is 10.3. The lowest BCUT2D eigenvalue weighted by Gasteiger charge is -2.41. The summed E-state index contributed by atoms with van der Waals surface area (Å²) in [5.74, 6) is -0.216. The molecule has 224 valence electrons. The summed E-state index contributed by atoms with van der Waals surface area (Å²) in [5, 5.41) is 2.80. The lowest BCUT2D eigenvalue weighted by atomic mass is 9.69. The molecule has 2 aliphatic rings. The summed E-state index contributed by atoms with van der Waals surface area (Å²) in [5.41, 5.74) is 1.46. The molecule has 1 saturated carbocycles. The van der Waals surface area contributed by atoms with E-state index in [0.29, 0.717) is 12.2 Å². The van der Waals surface area contributed by atoms with E-state index in [1.54, 1.807) is 18.4 Å². The molecule has 0 atom stereocenters. The van der Waals surface area contributed by atoms with Gasteiger partial charge in [-0.15, -0.1) is 0 Å².